The fourth-order valence-corrected chi connectivity index (χ4v) is 12.4. The molecule has 0 radical (unpaired) electrons. The molecule has 3 aliphatic rings. The monoisotopic (exact) mass is 1180 g/mol. The Labute approximate surface area is 466 Å². The Kier molecular flexibility index (Phi) is 11.8. The van der Waals surface area contributed by atoms with Crippen LogP contribution in [0.1, 0.15) is 154 Å². The van der Waals surface area contributed by atoms with Gasteiger partial charge in [-0.25, -0.2) is 4.98 Å². The van der Waals surface area contributed by atoms with Gasteiger partial charge in [0.25, 0.3) is 0 Å². The van der Waals surface area contributed by atoms with Crippen molar-refractivity contribution in [3.05, 3.63) is 202 Å². The van der Waals surface area contributed by atoms with Crippen molar-refractivity contribution >= 4 is 38.9 Å². The molecular weight excluding hydrogens is 1110 g/mol. The molecule has 0 fully saturated rings. The van der Waals surface area contributed by atoms with Gasteiger partial charge in [0.05, 0.1) is 0 Å². The summed E-state index contributed by atoms with van der Waals surface area (Å²) < 4.78 is 9.61. The number of para-hydroxylation sites is 2. The van der Waals surface area contributed by atoms with E-state index in [4.69, 9.17) is 9.72 Å². The molecule has 0 N–H and O–H groups in total. The average molecular weight is 1180 g/mol. The molecule has 0 atom stereocenters. The van der Waals surface area contributed by atoms with E-state index in [0.717, 1.165) is 44.4 Å². The molecule has 1 spiro atoms. The Hall–Kier alpha value is -6.42. The number of hydrogen-bond donors (Lipinski definition) is 0. The first-order chi connectivity index (χ1) is 35.3. The molecule has 2 aromatic heterocycles. The number of aromatic nitrogens is 2. The van der Waals surface area contributed by atoms with E-state index < -0.39 is 5.41 Å². The van der Waals surface area contributed by atoms with Gasteiger partial charge in [-0.2, -0.15) is 18.8 Å². The van der Waals surface area contributed by atoms with Crippen LogP contribution in [0, 0.1) is 18.8 Å². The van der Waals surface area contributed by atoms with Crippen molar-refractivity contribution in [2.24, 2.45) is 0 Å². The van der Waals surface area contributed by atoms with Gasteiger partial charge in [-0.1, -0.05) is 211 Å². The molecular formula is C70H71N4OPt-3. The molecule has 9 aromatic rings. The quantitative estimate of drug-likeness (QED) is 0.164. The van der Waals surface area contributed by atoms with Gasteiger partial charge in [-0.15, -0.1) is 29.1 Å². The van der Waals surface area contributed by atoms with E-state index in [1.165, 1.54) is 72.6 Å². The summed E-state index contributed by atoms with van der Waals surface area (Å²) in [7, 11) is 2.17. The summed E-state index contributed by atoms with van der Waals surface area (Å²) >= 11 is 0. The third-order valence-corrected chi connectivity index (χ3v) is 16.4. The number of nitrogens with zero attached hydrogens (tertiary/aromatic N) is 4. The molecule has 0 unspecified atom stereocenters. The normalized spacial score (nSPS) is 14.7. The van der Waals surface area contributed by atoms with Crippen LogP contribution in [-0.2, 0) is 53.6 Å². The topological polar surface area (TPSA) is 33.5 Å². The van der Waals surface area contributed by atoms with Crippen LogP contribution in [0.3, 0.4) is 0 Å². The van der Waals surface area contributed by atoms with Crippen molar-refractivity contribution in [1.29, 1.82) is 0 Å². The molecule has 390 valence electrons. The molecule has 6 heteroatoms. The van der Waals surface area contributed by atoms with E-state index in [0.29, 0.717) is 11.5 Å². The smallest absolute Gasteiger partial charge is 0.135 e. The van der Waals surface area contributed by atoms with Crippen LogP contribution < -0.4 is 14.5 Å². The average Bonchev–Trinajstić information content (AvgIpc) is 3.97. The number of ether oxygens (including phenoxy) is 1. The van der Waals surface area contributed by atoms with Crippen LogP contribution in [-0.4, -0.2) is 16.6 Å². The number of fused-ring (bicyclic) bond motifs is 12. The van der Waals surface area contributed by atoms with Gasteiger partial charge >= 0.3 is 0 Å². The van der Waals surface area contributed by atoms with Crippen molar-refractivity contribution in [2.45, 2.75) is 136 Å². The largest absolute Gasteiger partial charge is 0.509 e. The third-order valence-electron chi connectivity index (χ3n) is 16.4. The summed E-state index contributed by atoms with van der Waals surface area (Å²) in [6.07, 6.45) is 1.85. The summed E-state index contributed by atoms with van der Waals surface area (Å²) in [5.41, 5.74) is 20.7. The zero-order chi connectivity index (χ0) is 53.1. The van der Waals surface area contributed by atoms with Gasteiger partial charge in [0, 0.05) is 61.1 Å². The molecule has 2 aliphatic heterocycles. The second-order valence-electron chi connectivity index (χ2n) is 26.7. The maximum Gasteiger partial charge on any atom is 0.135 e. The van der Waals surface area contributed by atoms with E-state index in [1.54, 1.807) is 0 Å². The number of anilines is 3. The fourth-order valence-electron chi connectivity index (χ4n) is 12.4. The Morgan fingerprint density at radius 3 is 1.72 bits per heavy atom. The van der Waals surface area contributed by atoms with Crippen LogP contribution in [0.2, 0.25) is 0 Å². The second-order valence-corrected chi connectivity index (χ2v) is 26.7. The summed E-state index contributed by atoms with van der Waals surface area (Å²) in [4.78, 5) is 9.53. The molecule has 4 heterocycles. The first kappa shape index (κ1) is 51.7. The maximum atomic E-state index is 7.40. The molecule has 5 nitrogen and oxygen atoms in total. The number of hydrogen-bond acceptors (Lipinski definition) is 4. The SMILES string of the molecule is CN1[CH-]N2c3[c-]c(Oc4[c-]c5c(cc4-c4ccc(C(C)(C)C)cc4)c4ccccc4n5-c4ccccn4)ccc3C3(c4cccc1c42)c1c(cc(C(C)(C)C)cc1C(C)(C)C)-c1cc(C(C)(C)C)cc(C(C)(C)C)c13.[Pt]. The van der Waals surface area contributed by atoms with Crippen LogP contribution in [0.5, 0.6) is 11.5 Å². The van der Waals surface area contributed by atoms with E-state index in [9.17, 15) is 0 Å². The van der Waals surface area contributed by atoms with Crippen LogP contribution in [0.4, 0.5) is 17.1 Å². The molecule has 0 saturated heterocycles. The van der Waals surface area contributed by atoms with Crippen molar-refractivity contribution in [3.63, 3.8) is 0 Å². The molecule has 76 heavy (non-hydrogen) atoms. The summed E-state index contributed by atoms with van der Waals surface area (Å²) in [5, 5.41) is 2.22. The molecule has 1 aliphatic carbocycles. The van der Waals surface area contributed by atoms with Crippen molar-refractivity contribution in [3.8, 4) is 39.6 Å². The molecule has 0 saturated carbocycles. The van der Waals surface area contributed by atoms with Gasteiger partial charge < -0.3 is 19.1 Å². The van der Waals surface area contributed by atoms with E-state index in [-0.39, 0.29) is 48.1 Å². The van der Waals surface area contributed by atoms with Crippen molar-refractivity contribution in [1.82, 2.24) is 9.55 Å². The maximum absolute atomic E-state index is 7.40. The molecule has 12 rings (SSSR count). The van der Waals surface area contributed by atoms with E-state index in [2.05, 4.69) is 259 Å². The minimum atomic E-state index is -0.706. The Morgan fingerprint density at radius 1 is 0.539 bits per heavy atom. The Balaban J connectivity index is 0.00000616. The Bertz CT molecular complexity index is 3730. The van der Waals surface area contributed by atoms with Crippen LogP contribution in [0.25, 0.3) is 49.9 Å². The number of rotatable bonds is 4. The fraction of sp³-hybridized carbons (Fsp3) is 0.314. The molecule has 7 aromatic carbocycles. The predicted octanol–water partition coefficient (Wildman–Crippen LogP) is 18.1. The van der Waals surface area contributed by atoms with Gasteiger partial charge in [-0.3, -0.25) is 0 Å². The third kappa shape index (κ3) is 7.83. The van der Waals surface area contributed by atoms with E-state index >= 15 is 0 Å². The van der Waals surface area contributed by atoms with Gasteiger partial charge in [0.1, 0.15) is 5.82 Å². The minimum Gasteiger partial charge on any atom is -0.509 e. The zero-order valence-electron chi connectivity index (χ0n) is 47.3. The summed E-state index contributed by atoms with van der Waals surface area (Å²) in [6, 6.07) is 55.6. The first-order valence-corrected chi connectivity index (χ1v) is 26.9. The van der Waals surface area contributed by atoms with Crippen molar-refractivity contribution < 1.29 is 25.8 Å². The predicted molar refractivity (Wildman–Crippen MR) is 314 cm³/mol. The van der Waals surface area contributed by atoms with Crippen molar-refractivity contribution in [2.75, 3.05) is 16.8 Å². The van der Waals surface area contributed by atoms with E-state index in [1.807, 2.05) is 18.3 Å². The van der Waals surface area contributed by atoms with Gasteiger partial charge in [0.15, 0.2) is 0 Å². The van der Waals surface area contributed by atoms with Crippen LogP contribution >= 0.6 is 0 Å². The van der Waals surface area contributed by atoms with Gasteiger partial charge in [-0.05, 0) is 119 Å². The van der Waals surface area contributed by atoms with Gasteiger partial charge in [0.2, 0.25) is 0 Å². The number of pyridine rings is 1. The summed E-state index contributed by atoms with van der Waals surface area (Å²) in [5.74, 6) is 2.07. The zero-order valence-corrected chi connectivity index (χ0v) is 49.6. The second kappa shape index (κ2) is 17.3. The molecule has 0 bridgehead atoms. The molecule has 0 amide bonds. The minimum absolute atomic E-state index is 0. The number of benzene rings is 7. The summed E-state index contributed by atoms with van der Waals surface area (Å²) in [6.45, 7) is 37.6. The van der Waals surface area contributed by atoms with Crippen LogP contribution in [0.15, 0.2) is 134 Å². The standard InChI is InChI=1S/C70H71N4O.Pt/c1-65(2,3)43-29-27-42(28-30-43)48-39-49-47-22-17-18-24-56(47)74(61-26-19-20-33-71-61)58(49)40-60(48)75-46-31-32-52-59(38-46)73-41-72(16)57-25-21-23-53(64(57)73)70(52)62-50(34-44(66(4,5)6)36-54(62)68(10,11)12)51-35-45(67(7,8)9)37-55(63(51)70)69(13,14)15;/h17-37,39,41H,1-16H3;/q-3;. The first-order valence-electron chi connectivity index (χ1n) is 26.9. The Morgan fingerprint density at radius 2 is 1.14 bits per heavy atom.